The Morgan fingerprint density at radius 2 is 1.60 bits per heavy atom. The number of hydrogen-bond donors (Lipinski definition) is 2. The van der Waals surface area contributed by atoms with Crippen molar-refractivity contribution in [2.24, 2.45) is 5.92 Å². The SMILES string of the molecule is C=CCOC(=O)C1[C@@H]2C(=O)O[C@@H](c3ccccc3)[C@@H](c3ccccc3)N2[C@@H](c2ccc(O)cc2)[C@]12C(=O)Nc1ccc(I)cc12. The van der Waals surface area contributed by atoms with Gasteiger partial charge in [-0.05, 0) is 75.2 Å². The fourth-order valence-corrected chi connectivity index (χ4v) is 7.91. The molecular weight excluding hydrogens is 683 g/mol. The second-order valence-electron chi connectivity index (χ2n) is 11.4. The largest absolute Gasteiger partial charge is 0.508 e. The van der Waals surface area contributed by atoms with Crippen LogP contribution in [0, 0.1) is 9.49 Å². The van der Waals surface area contributed by atoms with Crippen LogP contribution >= 0.6 is 22.6 Å². The highest BCUT2D eigenvalue weighted by Gasteiger charge is 2.74. The van der Waals surface area contributed by atoms with Gasteiger partial charge in [-0.25, -0.2) is 0 Å². The summed E-state index contributed by atoms with van der Waals surface area (Å²) in [4.78, 5) is 45.4. The Bertz CT molecular complexity index is 1800. The maximum atomic E-state index is 14.7. The van der Waals surface area contributed by atoms with Crippen molar-refractivity contribution in [3.8, 4) is 5.75 Å². The van der Waals surface area contributed by atoms with E-state index in [1.54, 1.807) is 24.3 Å². The first-order valence-electron chi connectivity index (χ1n) is 14.6. The standard InChI is InChI=1S/C36H29IN2O6/c1-2-19-44-33(41)28-30-34(42)45-31(22-11-7-4-8-12-22)29(21-9-5-3-6-10-21)39(30)32(23-13-16-25(40)17-14-23)36(28)26-20-24(37)15-18-27(26)38-35(36)43/h2-18,20,28-32,40H,1,19H2,(H,38,43)/t28?,29-,30-,31+,32+,36-/m1/s1. The second kappa shape index (κ2) is 11.5. The van der Waals surface area contributed by atoms with Crippen molar-refractivity contribution < 1.29 is 29.0 Å². The van der Waals surface area contributed by atoms with E-state index in [4.69, 9.17) is 9.47 Å². The predicted octanol–water partition coefficient (Wildman–Crippen LogP) is 6.00. The van der Waals surface area contributed by atoms with Gasteiger partial charge in [0.25, 0.3) is 0 Å². The Morgan fingerprint density at radius 3 is 2.27 bits per heavy atom. The number of amides is 1. The third-order valence-corrected chi connectivity index (χ3v) is 9.75. The Hall–Kier alpha value is -4.48. The average Bonchev–Trinajstić information content (AvgIpc) is 3.53. The van der Waals surface area contributed by atoms with Crippen LogP contribution in [-0.4, -0.2) is 40.5 Å². The van der Waals surface area contributed by atoms with E-state index < -0.39 is 53.4 Å². The highest BCUT2D eigenvalue weighted by atomic mass is 127. The van der Waals surface area contributed by atoms with E-state index in [9.17, 15) is 19.5 Å². The van der Waals surface area contributed by atoms with Gasteiger partial charge in [-0.2, -0.15) is 0 Å². The predicted molar refractivity (Wildman–Crippen MR) is 175 cm³/mol. The number of carbonyl (C=O) groups is 3. The fraction of sp³-hybridized carbons (Fsp3) is 0.194. The van der Waals surface area contributed by atoms with Gasteiger partial charge >= 0.3 is 11.9 Å². The summed E-state index contributed by atoms with van der Waals surface area (Å²) in [6.45, 7) is 3.60. The molecule has 0 aromatic heterocycles. The van der Waals surface area contributed by atoms with Crippen LogP contribution in [0.1, 0.15) is 40.4 Å². The number of anilines is 1. The molecule has 2 saturated heterocycles. The Labute approximate surface area is 273 Å². The Morgan fingerprint density at radius 1 is 0.933 bits per heavy atom. The van der Waals surface area contributed by atoms with E-state index in [1.807, 2.05) is 83.8 Å². The average molecular weight is 713 g/mol. The molecule has 0 bridgehead atoms. The smallest absolute Gasteiger partial charge is 0.325 e. The molecule has 1 spiro atoms. The maximum absolute atomic E-state index is 14.7. The summed E-state index contributed by atoms with van der Waals surface area (Å²) in [5.74, 6) is -2.96. The van der Waals surface area contributed by atoms with E-state index in [1.165, 1.54) is 6.08 Å². The number of phenols is 1. The number of phenolic OH excluding ortho intramolecular Hbond substituents is 1. The lowest BCUT2D eigenvalue weighted by atomic mass is 9.65. The zero-order valence-corrected chi connectivity index (χ0v) is 26.2. The number of carbonyl (C=O) groups excluding carboxylic acids is 3. The van der Waals surface area contributed by atoms with E-state index in [0.29, 0.717) is 16.8 Å². The molecule has 226 valence electrons. The summed E-state index contributed by atoms with van der Waals surface area (Å²) >= 11 is 2.19. The summed E-state index contributed by atoms with van der Waals surface area (Å²) in [7, 11) is 0. The van der Waals surface area contributed by atoms with Gasteiger partial charge in [0.15, 0.2) is 0 Å². The van der Waals surface area contributed by atoms with E-state index in [2.05, 4.69) is 34.5 Å². The number of benzene rings is 4. The van der Waals surface area contributed by atoms with Crippen molar-refractivity contribution in [2.75, 3.05) is 11.9 Å². The minimum Gasteiger partial charge on any atom is -0.508 e. The molecule has 7 rings (SSSR count). The third-order valence-electron chi connectivity index (χ3n) is 9.08. The summed E-state index contributed by atoms with van der Waals surface area (Å²) < 4.78 is 12.9. The highest BCUT2D eigenvalue weighted by molar-refractivity contribution is 14.1. The lowest BCUT2D eigenvalue weighted by molar-refractivity contribution is -0.180. The van der Waals surface area contributed by atoms with Gasteiger partial charge in [-0.3, -0.25) is 19.3 Å². The summed E-state index contributed by atoms with van der Waals surface area (Å²) in [6, 6.07) is 28.7. The van der Waals surface area contributed by atoms with Gasteiger partial charge in [0.05, 0.1) is 12.1 Å². The van der Waals surface area contributed by atoms with Gasteiger partial charge in [-0.15, -0.1) is 0 Å². The van der Waals surface area contributed by atoms with Crippen LogP contribution < -0.4 is 5.32 Å². The maximum Gasteiger partial charge on any atom is 0.325 e. The number of hydrogen-bond acceptors (Lipinski definition) is 7. The minimum atomic E-state index is -1.59. The second-order valence-corrected chi connectivity index (χ2v) is 12.7. The summed E-state index contributed by atoms with van der Waals surface area (Å²) in [6.07, 6.45) is 0.703. The van der Waals surface area contributed by atoms with Crippen LogP contribution in [0.2, 0.25) is 0 Å². The number of rotatable bonds is 6. The Balaban J connectivity index is 1.57. The summed E-state index contributed by atoms with van der Waals surface area (Å²) in [5, 5.41) is 13.3. The minimum absolute atomic E-state index is 0.0509. The molecule has 8 nitrogen and oxygen atoms in total. The van der Waals surface area contributed by atoms with Gasteiger partial charge in [0.1, 0.15) is 35.8 Å². The number of nitrogens with zero attached hydrogens (tertiary/aromatic N) is 1. The zero-order chi connectivity index (χ0) is 31.3. The molecule has 3 aliphatic heterocycles. The van der Waals surface area contributed by atoms with Crippen LogP contribution in [0.3, 0.4) is 0 Å². The molecule has 0 radical (unpaired) electrons. The molecule has 2 fully saturated rings. The van der Waals surface area contributed by atoms with Crippen molar-refractivity contribution in [1.82, 2.24) is 4.90 Å². The molecule has 4 aromatic carbocycles. The number of nitrogens with one attached hydrogen (secondary N) is 1. The van der Waals surface area contributed by atoms with Gasteiger partial charge < -0.3 is 19.9 Å². The number of halogens is 1. The van der Waals surface area contributed by atoms with E-state index in [-0.39, 0.29) is 12.4 Å². The van der Waals surface area contributed by atoms with Crippen molar-refractivity contribution >= 4 is 46.1 Å². The molecule has 6 atom stereocenters. The quantitative estimate of drug-likeness (QED) is 0.144. The third kappa shape index (κ3) is 4.55. The van der Waals surface area contributed by atoms with E-state index >= 15 is 0 Å². The highest BCUT2D eigenvalue weighted by Crippen LogP contribution is 2.65. The number of cyclic esters (lactones) is 1. The molecule has 0 saturated carbocycles. The molecule has 1 amide bonds. The Kier molecular flexibility index (Phi) is 7.45. The van der Waals surface area contributed by atoms with Gasteiger partial charge in [-0.1, -0.05) is 85.5 Å². The van der Waals surface area contributed by atoms with Crippen molar-refractivity contribution in [3.63, 3.8) is 0 Å². The molecular formula is C36H29IN2O6. The van der Waals surface area contributed by atoms with Crippen LogP contribution in [0.5, 0.6) is 5.75 Å². The van der Waals surface area contributed by atoms with Crippen LogP contribution in [0.25, 0.3) is 0 Å². The van der Waals surface area contributed by atoms with Crippen LogP contribution in [-0.2, 0) is 29.3 Å². The fourth-order valence-electron chi connectivity index (χ4n) is 7.42. The monoisotopic (exact) mass is 712 g/mol. The number of aromatic hydroxyl groups is 1. The van der Waals surface area contributed by atoms with Crippen molar-refractivity contribution in [2.45, 2.75) is 29.6 Å². The number of ether oxygens (including phenoxy) is 2. The van der Waals surface area contributed by atoms with Gasteiger partial charge in [0.2, 0.25) is 5.91 Å². The van der Waals surface area contributed by atoms with Crippen LogP contribution in [0.15, 0.2) is 116 Å². The lowest BCUT2D eigenvalue weighted by Crippen LogP contribution is -2.52. The molecule has 3 heterocycles. The first kappa shape index (κ1) is 29.2. The molecule has 0 aliphatic carbocycles. The zero-order valence-electron chi connectivity index (χ0n) is 24.0. The van der Waals surface area contributed by atoms with Crippen molar-refractivity contribution in [1.29, 1.82) is 0 Å². The molecule has 3 aliphatic rings. The number of morpholine rings is 1. The first-order valence-corrected chi connectivity index (χ1v) is 15.7. The van der Waals surface area contributed by atoms with Gasteiger partial charge in [0, 0.05) is 9.26 Å². The van der Waals surface area contributed by atoms with Crippen molar-refractivity contribution in [3.05, 3.63) is 142 Å². The molecule has 9 heteroatoms. The first-order chi connectivity index (χ1) is 21.9. The summed E-state index contributed by atoms with van der Waals surface area (Å²) in [5.41, 5.74) is 1.86. The number of fused-ring (bicyclic) bond motifs is 3. The van der Waals surface area contributed by atoms with Crippen LogP contribution in [0.4, 0.5) is 5.69 Å². The van der Waals surface area contributed by atoms with E-state index in [0.717, 1.165) is 14.7 Å². The number of esters is 2. The molecule has 2 N–H and O–H groups in total. The molecule has 45 heavy (non-hydrogen) atoms. The lowest BCUT2D eigenvalue weighted by Gasteiger charge is -2.46. The topological polar surface area (TPSA) is 105 Å². The normalized spacial score (nSPS) is 26.9. The molecule has 4 aromatic rings. The molecule has 1 unspecified atom stereocenters.